The molecule has 3 rings (SSSR count). The molecule has 0 radical (unpaired) electrons. The number of amides is 1. The largest absolute Gasteiger partial charge is 0.478 e. The van der Waals surface area contributed by atoms with Crippen molar-refractivity contribution in [2.45, 2.75) is 4.90 Å². The molecule has 162 valence electrons. The number of nitriles is 1. The lowest BCUT2D eigenvalue weighted by Crippen LogP contribution is -2.27. The summed E-state index contributed by atoms with van der Waals surface area (Å²) in [5.74, 6) is -2.04. The summed E-state index contributed by atoms with van der Waals surface area (Å²) in [6, 6.07) is 17.4. The van der Waals surface area contributed by atoms with Crippen molar-refractivity contribution in [2.75, 3.05) is 22.4 Å². The number of hydrogen-bond acceptors (Lipinski definition) is 6. The van der Waals surface area contributed by atoms with Crippen LogP contribution in [0.5, 0.6) is 0 Å². The van der Waals surface area contributed by atoms with Crippen molar-refractivity contribution in [3.05, 3.63) is 83.4 Å². The van der Waals surface area contributed by atoms with E-state index in [0.29, 0.717) is 0 Å². The van der Waals surface area contributed by atoms with Gasteiger partial charge in [-0.3, -0.25) is 9.10 Å². The normalized spacial score (nSPS) is 10.8. The van der Waals surface area contributed by atoms with Gasteiger partial charge in [-0.1, -0.05) is 18.2 Å². The molecule has 3 aromatic carbocycles. The molecular weight excluding hydrogens is 432 g/mol. The number of sulfonamides is 1. The summed E-state index contributed by atoms with van der Waals surface area (Å²) in [5.41, 5.74) is 6.27. The van der Waals surface area contributed by atoms with Crippen molar-refractivity contribution in [3.8, 4) is 6.07 Å². The maximum Gasteiger partial charge on any atom is 0.337 e. The smallest absolute Gasteiger partial charge is 0.337 e. The third-order valence-corrected chi connectivity index (χ3v) is 6.43. The minimum Gasteiger partial charge on any atom is -0.478 e. The van der Waals surface area contributed by atoms with Crippen molar-refractivity contribution in [1.29, 1.82) is 5.26 Å². The van der Waals surface area contributed by atoms with E-state index in [1.165, 1.54) is 43.4 Å². The first-order valence-electron chi connectivity index (χ1n) is 9.17. The first-order valence-corrected chi connectivity index (χ1v) is 10.6. The highest BCUT2D eigenvalue weighted by atomic mass is 32.2. The van der Waals surface area contributed by atoms with Gasteiger partial charge in [0, 0.05) is 12.6 Å². The molecule has 32 heavy (non-hydrogen) atoms. The second kappa shape index (κ2) is 8.79. The van der Waals surface area contributed by atoms with Gasteiger partial charge < -0.3 is 16.2 Å². The lowest BCUT2D eigenvalue weighted by atomic mass is 10.1. The van der Waals surface area contributed by atoms with Gasteiger partial charge in [0.1, 0.15) is 0 Å². The molecule has 0 saturated carbocycles. The molecule has 0 fully saturated rings. The van der Waals surface area contributed by atoms with Gasteiger partial charge >= 0.3 is 5.97 Å². The van der Waals surface area contributed by atoms with Crippen molar-refractivity contribution < 1.29 is 23.1 Å². The van der Waals surface area contributed by atoms with Crippen LogP contribution in [0.3, 0.4) is 0 Å². The second-order valence-electron chi connectivity index (χ2n) is 6.69. The topological polar surface area (TPSA) is 154 Å². The molecule has 4 N–H and O–H groups in total. The van der Waals surface area contributed by atoms with Crippen LogP contribution in [-0.2, 0) is 10.0 Å². The highest BCUT2D eigenvalue weighted by Crippen LogP contribution is 2.27. The number of carboxylic acids is 1. The fourth-order valence-corrected chi connectivity index (χ4v) is 4.22. The molecule has 0 bridgehead atoms. The summed E-state index contributed by atoms with van der Waals surface area (Å²) in [5, 5.41) is 20.8. The SMILES string of the molecule is CN(c1ccccc1N)S(=O)(=O)c1cccc(C(=O)Nc2ccc(C#N)cc2C(=O)O)c1. The number of hydrogen-bond donors (Lipinski definition) is 3. The monoisotopic (exact) mass is 450 g/mol. The number of nitrogens with two attached hydrogens (primary N) is 1. The Kier molecular flexibility index (Phi) is 6.13. The number of carboxylic acid groups (broad SMARTS) is 1. The van der Waals surface area contributed by atoms with E-state index in [4.69, 9.17) is 11.0 Å². The Bertz CT molecular complexity index is 1360. The van der Waals surface area contributed by atoms with Gasteiger partial charge in [0.2, 0.25) is 0 Å². The summed E-state index contributed by atoms with van der Waals surface area (Å²) in [6.07, 6.45) is 0. The van der Waals surface area contributed by atoms with Gasteiger partial charge in [-0.05, 0) is 48.5 Å². The van der Waals surface area contributed by atoms with Gasteiger partial charge in [-0.2, -0.15) is 5.26 Å². The van der Waals surface area contributed by atoms with E-state index < -0.39 is 21.9 Å². The molecule has 0 saturated heterocycles. The highest BCUT2D eigenvalue weighted by Gasteiger charge is 2.24. The molecule has 1 amide bonds. The van der Waals surface area contributed by atoms with Crippen LogP contribution in [0.25, 0.3) is 0 Å². The van der Waals surface area contributed by atoms with Crippen LogP contribution in [0.2, 0.25) is 0 Å². The van der Waals surface area contributed by atoms with E-state index in [-0.39, 0.29) is 38.6 Å². The lowest BCUT2D eigenvalue weighted by molar-refractivity contribution is 0.0698. The lowest BCUT2D eigenvalue weighted by Gasteiger charge is -2.21. The van der Waals surface area contributed by atoms with Crippen LogP contribution >= 0.6 is 0 Å². The van der Waals surface area contributed by atoms with E-state index in [1.807, 2.05) is 6.07 Å². The second-order valence-corrected chi connectivity index (χ2v) is 8.66. The number of aromatic carboxylic acids is 1. The number of carbonyl (C=O) groups is 2. The van der Waals surface area contributed by atoms with Crippen LogP contribution in [0.15, 0.2) is 71.6 Å². The number of benzene rings is 3. The zero-order valence-electron chi connectivity index (χ0n) is 16.8. The number of rotatable bonds is 6. The Balaban J connectivity index is 1.93. The van der Waals surface area contributed by atoms with Crippen molar-refractivity contribution >= 4 is 39.0 Å². The zero-order valence-corrected chi connectivity index (χ0v) is 17.6. The molecule has 3 aromatic rings. The van der Waals surface area contributed by atoms with Crippen LogP contribution in [-0.4, -0.2) is 32.4 Å². The molecule has 0 aromatic heterocycles. The highest BCUT2D eigenvalue weighted by molar-refractivity contribution is 7.92. The van der Waals surface area contributed by atoms with Gasteiger partial charge in [-0.25, -0.2) is 13.2 Å². The number of anilines is 3. The van der Waals surface area contributed by atoms with Gasteiger partial charge in [-0.15, -0.1) is 0 Å². The Hall–Kier alpha value is -4.36. The minimum atomic E-state index is -4.03. The molecule has 9 nitrogen and oxygen atoms in total. The molecular formula is C22H18N4O5S. The van der Waals surface area contributed by atoms with Crippen molar-refractivity contribution in [3.63, 3.8) is 0 Å². The molecule has 0 aliphatic carbocycles. The average molecular weight is 450 g/mol. The fourth-order valence-electron chi connectivity index (χ4n) is 2.95. The molecule has 0 unspecified atom stereocenters. The van der Waals surface area contributed by atoms with E-state index in [9.17, 15) is 23.1 Å². The summed E-state index contributed by atoms with van der Waals surface area (Å²) in [4.78, 5) is 24.0. The zero-order chi connectivity index (χ0) is 23.5. The summed E-state index contributed by atoms with van der Waals surface area (Å²) in [6.45, 7) is 0. The molecule has 0 aliphatic rings. The molecule has 0 aliphatic heterocycles. The Morgan fingerprint density at radius 1 is 1.06 bits per heavy atom. The van der Waals surface area contributed by atoms with Crippen molar-refractivity contribution in [1.82, 2.24) is 0 Å². The van der Waals surface area contributed by atoms with Gasteiger partial charge in [0.05, 0.1) is 39.2 Å². The molecule has 0 heterocycles. The number of carbonyl (C=O) groups excluding carboxylic acids is 1. The van der Waals surface area contributed by atoms with E-state index in [2.05, 4.69) is 5.32 Å². The fraction of sp³-hybridized carbons (Fsp3) is 0.0455. The van der Waals surface area contributed by atoms with Crippen LogP contribution < -0.4 is 15.4 Å². The first kappa shape index (κ1) is 22.3. The molecule has 0 spiro atoms. The minimum absolute atomic E-state index is 0.00112. The molecule has 0 atom stereocenters. The quantitative estimate of drug-likeness (QED) is 0.488. The third-order valence-electron chi connectivity index (χ3n) is 4.66. The van der Waals surface area contributed by atoms with Crippen LogP contribution in [0.1, 0.15) is 26.3 Å². The molecule has 10 heteroatoms. The van der Waals surface area contributed by atoms with Crippen molar-refractivity contribution in [2.24, 2.45) is 0 Å². The van der Waals surface area contributed by atoms with Gasteiger partial charge in [0.25, 0.3) is 15.9 Å². The Morgan fingerprint density at radius 3 is 2.44 bits per heavy atom. The van der Waals surface area contributed by atoms with E-state index in [1.54, 1.807) is 24.3 Å². The predicted octanol–water partition coefficient (Wildman–Crippen LogP) is 2.92. The average Bonchev–Trinajstić information content (AvgIpc) is 2.79. The number of nitrogen functional groups attached to an aromatic ring is 1. The standard InChI is InChI=1S/C22H18N4O5S/c1-26(20-8-3-2-7-18(20)24)32(30,31)16-6-4-5-15(12-16)21(27)25-19-10-9-14(13-23)11-17(19)22(28)29/h2-12H,24H2,1H3,(H,25,27)(H,28,29). The summed E-state index contributed by atoms with van der Waals surface area (Å²) >= 11 is 0. The predicted molar refractivity (Wildman–Crippen MR) is 119 cm³/mol. The first-order chi connectivity index (χ1) is 15.1. The summed E-state index contributed by atoms with van der Waals surface area (Å²) in [7, 11) is -2.68. The van der Waals surface area contributed by atoms with Crippen LogP contribution in [0, 0.1) is 11.3 Å². The van der Waals surface area contributed by atoms with E-state index in [0.717, 1.165) is 10.4 Å². The number of nitrogens with one attached hydrogen (secondary N) is 1. The van der Waals surface area contributed by atoms with Gasteiger partial charge in [0.15, 0.2) is 0 Å². The number of nitrogens with zero attached hydrogens (tertiary/aromatic N) is 2. The number of para-hydroxylation sites is 2. The Morgan fingerprint density at radius 2 is 1.78 bits per heavy atom. The van der Waals surface area contributed by atoms with Crippen LogP contribution in [0.4, 0.5) is 17.1 Å². The third kappa shape index (κ3) is 4.38. The maximum absolute atomic E-state index is 13.1. The maximum atomic E-state index is 13.1. The summed E-state index contributed by atoms with van der Waals surface area (Å²) < 4.78 is 27.1. The van der Waals surface area contributed by atoms with E-state index >= 15 is 0 Å². The Labute approximate surface area is 184 Å².